The van der Waals surface area contributed by atoms with Gasteiger partial charge in [-0.1, -0.05) is 23.4 Å². The zero-order valence-electron chi connectivity index (χ0n) is 12.5. The van der Waals surface area contributed by atoms with Gasteiger partial charge in [-0.25, -0.2) is 0 Å². The summed E-state index contributed by atoms with van der Waals surface area (Å²) in [5, 5.41) is 5.21. The molecule has 0 saturated carbocycles. The van der Waals surface area contributed by atoms with Crippen molar-refractivity contribution < 1.29 is 4.52 Å². The van der Waals surface area contributed by atoms with Crippen molar-refractivity contribution in [3.63, 3.8) is 0 Å². The van der Waals surface area contributed by atoms with Crippen LogP contribution in [0, 0.1) is 6.92 Å². The van der Waals surface area contributed by atoms with Gasteiger partial charge in [-0.2, -0.15) is 9.36 Å². The first-order chi connectivity index (χ1) is 10.8. The van der Waals surface area contributed by atoms with Crippen molar-refractivity contribution in [3.8, 4) is 0 Å². The third-order valence-corrected chi connectivity index (χ3v) is 5.14. The second-order valence-corrected chi connectivity index (χ2v) is 6.55. The normalized spacial score (nSPS) is 19.2. The van der Waals surface area contributed by atoms with Crippen molar-refractivity contribution in [3.05, 3.63) is 41.7 Å². The van der Waals surface area contributed by atoms with E-state index in [1.165, 1.54) is 22.2 Å². The molecule has 4 rings (SSSR count). The number of likely N-dealkylation sites (tertiary alicyclic amines) is 1. The largest absolute Gasteiger partial charge is 0.338 e. The lowest BCUT2D eigenvalue weighted by Crippen LogP contribution is -2.26. The first-order valence-corrected chi connectivity index (χ1v) is 8.46. The van der Waals surface area contributed by atoms with E-state index < -0.39 is 0 Å². The molecule has 1 aliphatic rings. The molecular weight excluding hydrogens is 296 g/mol. The minimum Gasteiger partial charge on any atom is -0.338 e. The zero-order chi connectivity index (χ0) is 14.9. The van der Waals surface area contributed by atoms with Crippen molar-refractivity contribution >= 4 is 21.6 Å². The van der Waals surface area contributed by atoms with E-state index in [1.54, 1.807) is 11.5 Å². The Bertz CT molecular complexity index is 781. The van der Waals surface area contributed by atoms with Crippen molar-refractivity contribution in [1.29, 1.82) is 0 Å². The highest BCUT2D eigenvalue weighted by molar-refractivity contribution is 7.13. The van der Waals surface area contributed by atoms with Crippen LogP contribution in [0.15, 0.2) is 28.8 Å². The predicted molar refractivity (Wildman–Crippen MR) is 85.9 cm³/mol. The molecule has 0 spiro atoms. The predicted octanol–water partition coefficient (Wildman–Crippen LogP) is 3.37. The lowest BCUT2D eigenvalue weighted by molar-refractivity contribution is 0.210. The lowest BCUT2D eigenvalue weighted by Gasteiger charge is -2.20. The fourth-order valence-corrected chi connectivity index (χ4v) is 4.01. The molecule has 114 valence electrons. The first kappa shape index (κ1) is 13.8. The van der Waals surface area contributed by atoms with Gasteiger partial charge in [-0.05, 0) is 43.9 Å². The van der Waals surface area contributed by atoms with Crippen LogP contribution in [0.1, 0.15) is 36.3 Å². The first-order valence-electron chi connectivity index (χ1n) is 7.69. The van der Waals surface area contributed by atoms with E-state index in [9.17, 15) is 0 Å². The average molecular weight is 314 g/mol. The molecule has 0 radical (unpaired) electrons. The van der Waals surface area contributed by atoms with Crippen LogP contribution in [0.4, 0.5) is 0 Å². The number of benzene rings is 1. The van der Waals surface area contributed by atoms with Crippen LogP contribution in [0.5, 0.6) is 0 Å². The number of fused-ring (bicyclic) bond motifs is 1. The summed E-state index contributed by atoms with van der Waals surface area (Å²) in [5.74, 6) is 1.48. The summed E-state index contributed by atoms with van der Waals surface area (Å²) in [6, 6.07) is 8.72. The van der Waals surface area contributed by atoms with Gasteiger partial charge in [0.2, 0.25) is 5.89 Å². The van der Waals surface area contributed by atoms with Gasteiger partial charge < -0.3 is 4.52 Å². The molecule has 22 heavy (non-hydrogen) atoms. The smallest absolute Gasteiger partial charge is 0.243 e. The number of nitrogens with zero attached hydrogens (tertiary/aromatic N) is 4. The van der Waals surface area contributed by atoms with Crippen molar-refractivity contribution in [2.24, 2.45) is 0 Å². The average Bonchev–Trinajstić information content (AvgIpc) is 3.24. The number of hydrogen-bond donors (Lipinski definition) is 0. The van der Waals surface area contributed by atoms with Crippen LogP contribution in [0.2, 0.25) is 0 Å². The Morgan fingerprint density at radius 2 is 2.27 bits per heavy atom. The standard InChI is InChI=1S/C16H18N4OS/c1-11-17-16(21-18-11)14-6-4-9-20(14)10-8-13-12-5-2-3-7-15(12)22-19-13/h2-3,5,7,14H,4,6,8-10H2,1H3. The molecule has 0 N–H and O–H groups in total. The second-order valence-electron chi connectivity index (χ2n) is 5.75. The molecule has 1 fully saturated rings. The van der Waals surface area contributed by atoms with Crippen LogP contribution >= 0.6 is 11.5 Å². The van der Waals surface area contributed by atoms with E-state index in [2.05, 4.69) is 43.7 Å². The zero-order valence-corrected chi connectivity index (χ0v) is 13.3. The summed E-state index contributed by atoms with van der Waals surface area (Å²) >= 11 is 1.59. The summed E-state index contributed by atoms with van der Waals surface area (Å²) in [4.78, 5) is 6.85. The molecule has 3 aromatic rings. The molecule has 2 aromatic heterocycles. The van der Waals surface area contributed by atoms with Crippen LogP contribution < -0.4 is 0 Å². The molecule has 0 amide bonds. The Hall–Kier alpha value is -1.79. The van der Waals surface area contributed by atoms with Gasteiger partial charge in [0.05, 0.1) is 16.4 Å². The Labute approximate surface area is 133 Å². The molecule has 5 nitrogen and oxygen atoms in total. The highest BCUT2D eigenvalue weighted by Crippen LogP contribution is 2.31. The maximum atomic E-state index is 5.37. The van der Waals surface area contributed by atoms with E-state index in [-0.39, 0.29) is 6.04 Å². The molecular formula is C16H18N4OS. The van der Waals surface area contributed by atoms with E-state index in [1.807, 2.05) is 6.92 Å². The Balaban J connectivity index is 1.48. The van der Waals surface area contributed by atoms with E-state index in [0.29, 0.717) is 5.82 Å². The number of rotatable bonds is 4. The van der Waals surface area contributed by atoms with Gasteiger partial charge in [0, 0.05) is 18.4 Å². The Morgan fingerprint density at radius 3 is 3.14 bits per heavy atom. The molecule has 1 unspecified atom stereocenters. The van der Waals surface area contributed by atoms with Crippen LogP contribution in [-0.4, -0.2) is 32.5 Å². The SMILES string of the molecule is Cc1noc(C2CCCN2CCc2nsc3ccccc23)n1. The molecule has 1 saturated heterocycles. The van der Waals surface area contributed by atoms with Crippen LogP contribution in [0.25, 0.3) is 10.1 Å². The van der Waals surface area contributed by atoms with Gasteiger partial charge >= 0.3 is 0 Å². The molecule has 1 aromatic carbocycles. The second kappa shape index (κ2) is 5.78. The van der Waals surface area contributed by atoms with Crippen molar-refractivity contribution in [2.45, 2.75) is 32.2 Å². The fourth-order valence-electron chi connectivity index (χ4n) is 3.19. The van der Waals surface area contributed by atoms with E-state index >= 15 is 0 Å². The number of hydrogen-bond acceptors (Lipinski definition) is 6. The monoisotopic (exact) mass is 314 g/mol. The number of aryl methyl sites for hydroxylation is 1. The molecule has 0 aliphatic carbocycles. The summed E-state index contributed by atoms with van der Waals surface area (Å²) in [7, 11) is 0. The maximum absolute atomic E-state index is 5.37. The van der Waals surface area contributed by atoms with Crippen molar-refractivity contribution in [2.75, 3.05) is 13.1 Å². The molecule has 0 bridgehead atoms. The minimum atomic E-state index is 0.270. The topological polar surface area (TPSA) is 55.1 Å². The Morgan fingerprint density at radius 1 is 1.36 bits per heavy atom. The van der Waals surface area contributed by atoms with Crippen molar-refractivity contribution in [1.82, 2.24) is 19.4 Å². The molecule has 1 atom stereocenters. The highest BCUT2D eigenvalue weighted by Gasteiger charge is 2.30. The molecule has 1 aliphatic heterocycles. The molecule has 6 heteroatoms. The third kappa shape index (κ3) is 2.53. The summed E-state index contributed by atoms with van der Waals surface area (Å²) in [6.45, 7) is 3.95. The van der Waals surface area contributed by atoms with Gasteiger partial charge in [0.15, 0.2) is 5.82 Å². The molecule has 3 heterocycles. The van der Waals surface area contributed by atoms with E-state index in [0.717, 1.165) is 31.8 Å². The Kier molecular flexibility index (Phi) is 3.63. The number of aromatic nitrogens is 3. The maximum Gasteiger partial charge on any atom is 0.243 e. The van der Waals surface area contributed by atoms with Crippen LogP contribution in [-0.2, 0) is 6.42 Å². The van der Waals surface area contributed by atoms with E-state index in [4.69, 9.17) is 4.52 Å². The third-order valence-electron chi connectivity index (χ3n) is 4.28. The van der Waals surface area contributed by atoms with Crippen LogP contribution in [0.3, 0.4) is 0 Å². The van der Waals surface area contributed by atoms with Gasteiger partial charge in [-0.3, -0.25) is 4.90 Å². The highest BCUT2D eigenvalue weighted by atomic mass is 32.1. The fraction of sp³-hybridized carbons (Fsp3) is 0.438. The summed E-state index contributed by atoms with van der Waals surface area (Å²) in [5.41, 5.74) is 1.20. The van der Waals surface area contributed by atoms with Gasteiger partial charge in [0.1, 0.15) is 0 Å². The van der Waals surface area contributed by atoms with Gasteiger partial charge in [-0.15, -0.1) is 0 Å². The minimum absolute atomic E-state index is 0.270. The lowest BCUT2D eigenvalue weighted by atomic mass is 10.1. The summed E-state index contributed by atoms with van der Waals surface area (Å²) < 4.78 is 11.3. The van der Waals surface area contributed by atoms with Gasteiger partial charge in [0.25, 0.3) is 0 Å². The summed E-state index contributed by atoms with van der Waals surface area (Å²) in [6.07, 6.45) is 3.25. The quantitative estimate of drug-likeness (QED) is 0.739.